The Balaban J connectivity index is 2.33. The third kappa shape index (κ3) is 3.09. The summed E-state index contributed by atoms with van der Waals surface area (Å²) in [6.07, 6.45) is 3.09. The van der Waals surface area contributed by atoms with Crippen molar-refractivity contribution in [2.75, 3.05) is 0 Å². The Morgan fingerprint density at radius 2 is 1.95 bits per heavy atom. The maximum Gasteiger partial charge on any atom is 0.395 e. The third-order valence-corrected chi connectivity index (χ3v) is 2.91. The Morgan fingerprint density at radius 1 is 1.30 bits per heavy atom. The number of aromatic nitrogens is 2. The Labute approximate surface area is 120 Å². The molecule has 20 heavy (non-hydrogen) atoms. The fourth-order valence-electron chi connectivity index (χ4n) is 1.46. The van der Waals surface area contributed by atoms with Crippen molar-refractivity contribution in [1.82, 2.24) is 9.97 Å². The summed E-state index contributed by atoms with van der Waals surface area (Å²) in [5, 5.41) is 19.9. The molecule has 2 rings (SSSR count). The second kappa shape index (κ2) is 5.66. The highest BCUT2D eigenvalue weighted by Gasteiger charge is 2.21. The van der Waals surface area contributed by atoms with E-state index >= 15 is 0 Å². The zero-order valence-electron chi connectivity index (χ0n) is 9.91. The number of halogens is 1. The SMILES string of the molecule is O=c1[nH]c(C=Cc2ccc(Br)cc2)nc(O)c1[N+](=O)[O-]. The third-order valence-electron chi connectivity index (χ3n) is 2.38. The Morgan fingerprint density at radius 3 is 2.50 bits per heavy atom. The molecular weight excluding hydrogens is 330 g/mol. The van der Waals surface area contributed by atoms with Gasteiger partial charge in [-0.25, -0.2) is 0 Å². The molecule has 0 aliphatic carbocycles. The Bertz CT molecular complexity index is 737. The average Bonchev–Trinajstić information content (AvgIpc) is 2.37. The minimum Gasteiger partial charge on any atom is -0.488 e. The van der Waals surface area contributed by atoms with Crippen LogP contribution in [0.2, 0.25) is 0 Å². The van der Waals surface area contributed by atoms with E-state index in [1.54, 1.807) is 6.08 Å². The van der Waals surface area contributed by atoms with E-state index in [9.17, 15) is 20.0 Å². The van der Waals surface area contributed by atoms with Gasteiger partial charge in [-0.3, -0.25) is 14.9 Å². The molecule has 0 fully saturated rings. The molecule has 2 aromatic rings. The number of aromatic amines is 1. The number of rotatable bonds is 3. The summed E-state index contributed by atoms with van der Waals surface area (Å²) in [7, 11) is 0. The lowest BCUT2D eigenvalue weighted by Gasteiger charge is -1.97. The van der Waals surface area contributed by atoms with E-state index < -0.39 is 22.0 Å². The second-order valence-electron chi connectivity index (χ2n) is 3.77. The van der Waals surface area contributed by atoms with Crippen LogP contribution >= 0.6 is 15.9 Å². The van der Waals surface area contributed by atoms with Crippen molar-refractivity contribution in [2.45, 2.75) is 0 Å². The summed E-state index contributed by atoms with van der Waals surface area (Å²) in [6, 6.07) is 7.32. The Hall–Kier alpha value is -2.48. The van der Waals surface area contributed by atoms with E-state index in [1.165, 1.54) is 6.08 Å². The normalized spacial score (nSPS) is 10.8. The highest BCUT2D eigenvalue weighted by atomic mass is 79.9. The smallest absolute Gasteiger partial charge is 0.395 e. The first-order valence-corrected chi connectivity index (χ1v) is 6.18. The number of hydrogen-bond donors (Lipinski definition) is 2. The number of nitrogens with zero attached hydrogens (tertiary/aromatic N) is 2. The summed E-state index contributed by atoms with van der Waals surface area (Å²) in [6.45, 7) is 0. The number of nitro groups is 1. The number of H-pyrrole nitrogens is 1. The molecular formula is C12H8BrN3O4. The predicted octanol–water partition coefficient (Wildman–Crippen LogP) is 2.32. The van der Waals surface area contributed by atoms with Crippen LogP contribution in [0.15, 0.2) is 33.5 Å². The van der Waals surface area contributed by atoms with Crippen molar-refractivity contribution in [3.63, 3.8) is 0 Å². The monoisotopic (exact) mass is 337 g/mol. The second-order valence-corrected chi connectivity index (χ2v) is 4.68. The minimum absolute atomic E-state index is 0.0287. The van der Waals surface area contributed by atoms with Crippen LogP contribution in [0.25, 0.3) is 12.2 Å². The van der Waals surface area contributed by atoms with Crippen molar-refractivity contribution >= 4 is 33.8 Å². The van der Waals surface area contributed by atoms with E-state index in [2.05, 4.69) is 25.9 Å². The summed E-state index contributed by atoms with van der Waals surface area (Å²) in [4.78, 5) is 26.7. The quantitative estimate of drug-likeness (QED) is 0.659. The summed E-state index contributed by atoms with van der Waals surface area (Å²) >= 11 is 3.30. The van der Waals surface area contributed by atoms with Gasteiger partial charge in [-0.05, 0) is 23.8 Å². The van der Waals surface area contributed by atoms with Gasteiger partial charge in [0.15, 0.2) is 0 Å². The van der Waals surface area contributed by atoms with E-state index in [0.717, 1.165) is 10.0 Å². The van der Waals surface area contributed by atoms with Crippen LogP contribution in [-0.4, -0.2) is 20.0 Å². The molecule has 0 aliphatic rings. The van der Waals surface area contributed by atoms with Gasteiger partial charge in [0.1, 0.15) is 5.82 Å². The van der Waals surface area contributed by atoms with Gasteiger partial charge in [0, 0.05) is 4.47 Å². The first-order chi connectivity index (χ1) is 9.47. The molecule has 8 heteroatoms. The molecule has 102 valence electrons. The molecule has 0 spiro atoms. The molecule has 1 heterocycles. The molecule has 0 radical (unpaired) electrons. The fourth-order valence-corrected chi connectivity index (χ4v) is 1.73. The maximum atomic E-state index is 11.4. The molecule has 0 saturated heterocycles. The van der Waals surface area contributed by atoms with Gasteiger partial charge in [0.2, 0.25) is 0 Å². The maximum absolute atomic E-state index is 11.4. The zero-order chi connectivity index (χ0) is 14.7. The molecule has 0 saturated carbocycles. The van der Waals surface area contributed by atoms with Crippen LogP contribution in [0, 0.1) is 10.1 Å². The number of benzene rings is 1. The van der Waals surface area contributed by atoms with Crippen LogP contribution in [0.1, 0.15) is 11.4 Å². The zero-order valence-corrected chi connectivity index (χ0v) is 11.5. The van der Waals surface area contributed by atoms with Crippen molar-refractivity contribution in [3.8, 4) is 5.88 Å². The summed E-state index contributed by atoms with van der Waals surface area (Å²) < 4.78 is 0.925. The molecule has 1 aromatic carbocycles. The average molecular weight is 338 g/mol. The number of aromatic hydroxyl groups is 1. The first-order valence-electron chi connectivity index (χ1n) is 5.38. The first kappa shape index (κ1) is 13.9. The van der Waals surface area contributed by atoms with Gasteiger partial charge in [0.05, 0.1) is 4.92 Å². The number of nitrogens with one attached hydrogen (secondary N) is 1. The number of hydrogen-bond acceptors (Lipinski definition) is 5. The highest BCUT2D eigenvalue weighted by Crippen LogP contribution is 2.17. The lowest BCUT2D eigenvalue weighted by molar-refractivity contribution is -0.387. The Kier molecular flexibility index (Phi) is 3.94. The van der Waals surface area contributed by atoms with Gasteiger partial charge in [-0.2, -0.15) is 4.98 Å². The van der Waals surface area contributed by atoms with Gasteiger partial charge >= 0.3 is 11.2 Å². The van der Waals surface area contributed by atoms with Crippen molar-refractivity contribution in [1.29, 1.82) is 0 Å². The predicted molar refractivity (Wildman–Crippen MR) is 76.2 cm³/mol. The van der Waals surface area contributed by atoms with Crippen molar-refractivity contribution in [2.24, 2.45) is 0 Å². The molecule has 2 N–H and O–H groups in total. The highest BCUT2D eigenvalue weighted by molar-refractivity contribution is 9.10. The lowest BCUT2D eigenvalue weighted by atomic mass is 10.2. The van der Waals surface area contributed by atoms with Gasteiger partial charge < -0.3 is 10.1 Å². The van der Waals surface area contributed by atoms with E-state index in [0.29, 0.717) is 0 Å². The van der Waals surface area contributed by atoms with Crippen LogP contribution in [0.4, 0.5) is 5.69 Å². The minimum atomic E-state index is -1.00. The molecule has 1 aromatic heterocycles. The van der Waals surface area contributed by atoms with Gasteiger partial charge in [-0.1, -0.05) is 34.1 Å². The van der Waals surface area contributed by atoms with Gasteiger partial charge in [0.25, 0.3) is 5.88 Å². The summed E-state index contributed by atoms with van der Waals surface area (Å²) in [5.74, 6) is -0.879. The van der Waals surface area contributed by atoms with Crippen LogP contribution in [0.5, 0.6) is 5.88 Å². The molecule has 0 amide bonds. The largest absolute Gasteiger partial charge is 0.488 e. The fraction of sp³-hybridized carbons (Fsp3) is 0. The van der Waals surface area contributed by atoms with E-state index in [1.807, 2.05) is 24.3 Å². The molecule has 0 aliphatic heterocycles. The van der Waals surface area contributed by atoms with Crippen LogP contribution < -0.4 is 5.56 Å². The van der Waals surface area contributed by atoms with Gasteiger partial charge in [-0.15, -0.1) is 0 Å². The van der Waals surface area contributed by atoms with Crippen LogP contribution in [-0.2, 0) is 0 Å². The molecule has 0 atom stereocenters. The lowest BCUT2D eigenvalue weighted by Crippen LogP contribution is -2.14. The van der Waals surface area contributed by atoms with E-state index in [-0.39, 0.29) is 5.82 Å². The summed E-state index contributed by atoms with van der Waals surface area (Å²) in [5.41, 5.74) is -1.13. The van der Waals surface area contributed by atoms with Crippen molar-refractivity contribution < 1.29 is 10.0 Å². The standard InChI is InChI=1S/C12H8BrN3O4/c13-8-4-1-7(2-5-8)3-6-9-14-11(17)10(16(19)20)12(18)15-9/h1-6H,(H2,14,15,17,18). The topological polar surface area (TPSA) is 109 Å². The molecule has 0 bridgehead atoms. The van der Waals surface area contributed by atoms with Crippen molar-refractivity contribution in [3.05, 3.63) is 60.6 Å². The van der Waals surface area contributed by atoms with E-state index in [4.69, 9.17) is 0 Å². The molecule has 0 unspecified atom stereocenters. The van der Waals surface area contributed by atoms with Crippen LogP contribution in [0.3, 0.4) is 0 Å². The molecule has 7 nitrogen and oxygen atoms in total.